The fourth-order valence-corrected chi connectivity index (χ4v) is 1.78. The Labute approximate surface area is 112 Å². The average Bonchev–Trinajstić information content (AvgIpc) is 2.92. The van der Waals surface area contributed by atoms with Gasteiger partial charge in [-0.2, -0.15) is 5.10 Å². The number of nitrogens with one attached hydrogen (secondary N) is 1. The van der Waals surface area contributed by atoms with E-state index in [1.165, 1.54) is 0 Å². The number of nitrogens with zero attached hydrogens (tertiary/aromatic N) is 3. The van der Waals surface area contributed by atoms with E-state index in [0.29, 0.717) is 6.54 Å². The zero-order valence-corrected chi connectivity index (χ0v) is 11.4. The Morgan fingerprint density at radius 2 is 1.84 bits per heavy atom. The summed E-state index contributed by atoms with van der Waals surface area (Å²) in [5.74, 6) is 2.39. The first-order chi connectivity index (χ1) is 9.26. The number of methoxy groups -OCH3 is 2. The summed E-state index contributed by atoms with van der Waals surface area (Å²) in [7, 11) is 3.26. The van der Waals surface area contributed by atoms with Crippen LogP contribution < -0.4 is 14.8 Å². The summed E-state index contributed by atoms with van der Waals surface area (Å²) in [5, 5.41) is 7.42. The highest BCUT2D eigenvalue weighted by molar-refractivity contribution is 5.53. The van der Waals surface area contributed by atoms with Gasteiger partial charge in [-0.25, -0.2) is 9.67 Å². The smallest absolute Gasteiger partial charge is 0.146 e. The predicted octanol–water partition coefficient (Wildman–Crippen LogP) is 1.93. The minimum Gasteiger partial charge on any atom is -0.497 e. The maximum Gasteiger partial charge on any atom is 0.146 e. The Hall–Kier alpha value is -2.24. The molecule has 0 fully saturated rings. The van der Waals surface area contributed by atoms with Crippen LogP contribution >= 0.6 is 0 Å². The molecule has 0 bridgehead atoms. The molecule has 0 aliphatic heterocycles. The number of aryl methyl sites for hydroxylation is 1. The van der Waals surface area contributed by atoms with Crippen LogP contribution in [0.1, 0.15) is 12.7 Å². The van der Waals surface area contributed by atoms with Gasteiger partial charge in [-0.15, -0.1) is 0 Å². The number of aromatic nitrogens is 3. The van der Waals surface area contributed by atoms with E-state index in [4.69, 9.17) is 9.47 Å². The van der Waals surface area contributed by atoms with E-state index in [1.807, 2.05) is 29.8 Å². The summed E-state index contributed by atoms with van der Waals surface area (Å²) >= 11 is 0. The van der Waals surface area contributed by atoms with Crippen molar-refractivity contribution in [1.82, 2.24) is 14.8 Å². The second-order valence-electron chi connectivity index (χ2n) is 3.95. The molecule has 19 heavy (non-hydrogen) atoms. The third-order valence-corrected chi connectivity index (χ3v) is 2.80. The lowest BCUT2D eigenvalue weighted by molar-refractivity contribution is 0.394. The number of benzene rings is 1. The maximum atomic E-state index is 5.23. The average molecular weight is 262 g/mol. The molecule has 0 radical (unpaired) electrons. The Bertz CT molecular complexity index is 517. The zero-order valence-electron chi connectivity index (χ0n) is 11.4. The van der Waals surface area contributed by atoms with Crippen molar-refractivity contribution in [2.45, 2.75) is 20.0 Å². The topological polar surface area (TPSA) is 61.2 Å². The van der Waals surface area contributed by atoms with Gasteiger partial charge in [0.1, 0.15) is 23.7 Å². The standard InChI is InChI=1S/C13H18N4O2/c1-4-17-13(15-9-16-17)8-14-10-5-11(18-2)7-12(6-10)19-3/h5-7,9,14H,4,8H2,1-3H3. The largest absolute Gasteiger partial charge is 0.497 e. The predicted molar refractivity (Wildman–Crippen MR) is 72.6 cm³/mol. The highest BCUT2D eigenvalue weighted by Gasteiger charge is 2.05. The van der Waals surface area contributed by atoms with Crippen molar-refractivity contribution in [2.24, 2.45) is 0 Å². The highest BCUT2D eigenvalue weighted by Crippen LogP contribution is 2.25. The van der Waals surface area contributed by atoms with Crippen LogP contribution in [0.3, 0.4) is 0 Å². The van der Waals surface area contributed by atoms with E-state index in [9.17, 15) is 0 Å². The summed E-state index contributed by atoms with van der Waals surface area (Å²) in [5.41, 5.74) is 0.918. The van der Waals surface area contributed by atoms with E-state index in [-0.39, 0.29) is 0 Å². The minimum atomic E-state index is 0.601. The van der Waals surface area contributed by atoms with Crippen molar-refractivity contribution in [3.8, 4) is 11.5 Å². The van der Waals surface area contributed by atoms with Crippen LogP contribution in [0, 0.1) is 0 Å². The van der Waals surface area contributed by atoms with Crippen LogP contribution in [0.2, 0.25) is 0 Å². The molecule has 1 aromatic heterocycles. The van der Waals surface area contributed by atoms with Gasteiger partial charge in [0.2, 0.25) is 0 Å². The van der Waals surface area contributed by atoms with Gasteiger partial charge < -0.3 is 14.8 Å². The fourth-order valence-electron chi connectivity index (χ4n) is 1.78. The lowest BCUT2D eigenvalue weighted by Gasteiger charge is -2.10. The molecule has 0 atom stereocenters. The van der Waals surface area contributed by atoms with Crippen molar-refractivity contribution in [1.29, 1.82) is 0 Å². The second kappa shape index (κ2) is 6.08. The van der Waals surface area contributed by atoms with Crippen LogP contribution in [0.25, 0.3) is 0 Å². The Kier molecular flexibility index (Phi) is 4.22. The van der Waals surface area contributed by atoms with Crippen molar-refractivity contribution in [3.63, 3.8) is 0 Å². The van der Waals surface area contributed by atoms with Crippen LogP contribution in [-0.2, 0) is 13.1 Å². The molecule has 6 nitrogen and oxygen atoms in total. The summed E-state index contributed by atoms with van der Waals surface area (Å²) in [6.45, 7) is 3.44. The normalized spacial score (nSPS) is 10.3. The molecule has 0 saturated heterocycles. The van der Waals surface area contributed by atoms with Crippen molar-refractivity contribution >= 4 is 5.69 Å². The minimum absolute atomic E-state index is 0.601. The highest BCUT2D eigenvalue weighted by atomic mass is 16.5. The molecule has 0 amide bonds. The third-order valence-electron chi connectivity index (χ3n) is 2.80. The molecule has 1 heterocycles. The van der Waals surface area contributed by atoms with Gasteiger partial charge in [-0.05, 0) is 6.92 Å². The van der Waals surface area contributed by atoms with E-state index >= 15 is 0 Å². The number of hydrogen-bond acceptors (Lipinski definition) is 5. The van der Waals surface area contributed by atoms with Gasteiger partial charge >= 0.3 is 0 Å². The fraction of sp³-hybridized carbons (Fsp3) is 0.385. The maximum absolute atomic E-state index is 5.23. The van der Waals surface area contributed by atoms with Crippen LogP contribution in [0.4, 0.5) is 5.69 Å². The lowest BCUT2D eigenvalue weighted by atomic mass is 10.2. The Morgan fingerprint density at radius 3 is 2.42 bits per heavy atom. The first kappa shape index (κ1) is 13.2. The molecule has 0 aliphatic rings. The summed E-state index contributed by atoms with van der Waals surface area (Å²) < 4.78 is 12.3. The van der Waals surface area contributed by atoms with Gasteiger partial charge in [0.05, 0.1) is 20.8 Å². The number of hydrogen-bond donors (Lipinski definition) is 1. The molecule has 102 valence electrons. The summed E-state index contributed by atoms with van der Waals surface area (Å²) in [4.78, 5) is 4.21. The SMILES string of the molecule is CCn1ncnc1CNc1cc(OC)cc(OC)c1. The molecular weight excluding hydrogens is 244 g/mol. The zero-order chi connectivity index (χ0) is 13.7. The summed E-state index contributed by atoms with van der Waals surface area (Å²) in [6.07, 6.45) is 1.56. The Balaban J connectivity index is 2.10. The van der Waals surface area contributed by atoms with Crippen molar-refractivity contribution in [3.05, 3.63) is 30.4 Å². The van der Waals surface area contributed by atoms with E-state index in [1.54, 1.807) is 20.5 Å². The molecule has 0 saturated carbocycles. The van der Waals surface area contributed by atoms with Gasteiger partial charge in [-0.1, -0.05) is 0 Å². The molecular formula is C13H18N4O2. The lowest BCUT2D eigenvalue weighted by Crippen LogP contribution is -2.09. The monoisotopic (exact) mass is 262 g/mol. The first-order valence-corrected chi connectivity index (χ1v) is 6.10. The van der Waals surface area contributed by atoms with E-state index in [0.717, 1.165) is 29.6 Å². The molecule has 1 aromatic carbocycles. The van der Waals surface area contributed by atoms with E-state index in [2.05, 4.69) is 15.4 Å². The quantitative estimate of drug-likeness (QED) is 0.862. The number of rotatable bonds is 6. The molecule has 1 N–H and O–H groups in total. The number of anilines is 1. The molecule has 2 aromatic rings. The first-order valence-electron chi connectivity index (χ1n) is 6.10. The van der Waals surface area contributed by atoms with Crippen molar-refractivity contribution in [2.75, 3.05) is 19.5 Å². The second-order valence-corrected chi connectivity index (χ2v) is 3.95. The molecule has 6 heteroatoms. The molecule has 0 spiro atoms. The van der Waals surface area contributed by atoms with Gasteiger partial charge in [0, 0.05) is 30.4 Å². The Morgan fingerprint density at radius 1 is 1.16 bits per heavy atom. The molecule has 0 aliphatic carbocycles. The van der Waals surface area contributed by atoms with Gasteiger partial charge in [-0.3, -0.25) is 0 Å². The van der Waals surface area contributed by atoms with E-state index < -0.39 is 0 Å². The molecule has 0 unspecified atom stereocenters. The van der Waals surface area contributed by atoms with Gasteiger partial charge in [0.25, 0.3) is 0 Å². The van der Waals surface area contributed by atoms with Crippen LogP contribution in [0.15, 0.2) is 24.5 Å². The molecule has 2 rings (SSSR count). The van der Waals surface area contributed by atoms with Crippen molar-refractivity contribution < 1.29 is 9.47 Å². The number of ether oxygens (including phenoxy) is 2. The van der Waals surface area contributed by atoms with Crippen LogP contribution in [-0.4, -0.2) is 29.0 Å². The summed E-state index contributed by atoms with van der Waals surface area (Å²) in [6, 6.07) is 5.66. The third kappa shape index (κ3) is 3.15. The van der Waals surface area contributed by atoms with Crippen LogP contribution in [0.5, 0.6) is 11.5 Å². The van der Waals surface area contributed by atoms with Gasteiger partial charge in [0.15, 0.2) is 0 Å².